The van der Waals surface area contributed by atoms with E-state index in [1.165, 1.54) is 0 Å². The second kappa shape index (κ2) is 9.99. The molecule has 3 rings (SSSR count). The maximum absolute atomic E-state index is 12.8. The third-order valence-corrected chi connectivity index (χ3v) is 4.59. The van der Waals surface area contributed by atoms with E-state index in [1.807, 2.05) is 42.2 Å². The zero-order chi connectivity index (χ0) is 19.8. The minimum atomic E-state index is -0.0185. The molecule has 0 aliphatic carbocycles. The van der Waals surface area contributed by atoms with E-state index in [2.05, 4.69) is 0 Å². The monoisotopic (exact) mass is 384 g/mol. The molecule has 1 saturated heterocycles. The molecule has 1 atom stereocenters. The predicted molar refractivity (Wildman–Crippen MR) is 108 cm³/mol. The number of hydrogen-bond acceptors (Lipinski definition) is 5. The van der Waals surface area contributed by atoms with Crippen LogP contribution in [0.15, 0.2) is 48.5 Å². The average Bonchev–Trinajstić information content (AvgIpc) is 2.72. The maximum Gasteiger partial charge on any atom is 0.254 e. The van der Waals surface area contributed by atoms with Crippen LogP contribution in [-0.2, 0) is 0 Å². The average molecular weight is 384 g/mol. The predicted octanol–water partition coefficient (Wildman–Crippen LogP) is 3.11. The van der Waals surface area contributed by atoms with Crippen LogP contribution in [0.3, 0.4) is 0 Å². The van der Waals surface area contributed by atoms with E-state index in [9.17, 15) is 4.79 Å². The van der Waals surface area contributed by atoms with Gasteiger partial charge >= 0.3 is 0 Å². The van der Waals surface area contributed by atoms with Gasteiger partial charge in [0.25, 0.3) is 5.91 Å². The Morgan fingerprint density at radius 2 is 1.86 bits per heavy atom. The summed E-state index contributed by atoms with van der Waals surface area (Å²) in [5.74, 6) is 1.95. The van der Waals surface area contributed by atoms with Crippen molar-refractivity contribution in [1.82, 2.24) is 4.90 Å². The first kappa shape index (κ1) is 20.0. The van der Waals surface area contributed by atoms with Crippen LogP contribution < -0.4 is 19.9 Å². The number of piperidine rings is 1. The molecule has 1 aliphatic rings. The summed E-state index contributed by atoms with van der Waals surface area (Å²) in [4.78, 5) is 14.6. The number of rotatable bonds is 8. The summed E-state index contributed by atoms with van der Waals surface area (Å²) in [5.41, 5.74) is 6.59. The lowest BCUT2D eigenvalue weighted by Crippen LogP contribution is -2.45. The molecule has 0 bridgehead atoms. The Morgan fingerprint density at radius 1 is 1.07 bits per heavy atom. The summed E-state index contributed by atoms with van der Waals surface area (Å²) in [5, 5.41) is 0. The van der Waals surface area contributed by atoms with Crippen LogP contribution in [0.2, 0.25) is 0 Å². The first-order valence-corrected chi connectivity index (χ1v) is 9.79. The van der Waals surface area contributed by atoms with Crippen LogP contribution in [0.1, 0.15) is 30.1 Å². The fourth-order valence-corrected chi connectivity index (χ4v) is 3.23. The molecule has 150 valence electrons. The molecular formula is C22H28N2O4. The van der Waals surface area contributed by atoms with Crippen molar-refractivity contribution in [2.24, 2.45) is 5.73 Å². The number of hydrogen-bond donors (Lipinski definition) is 1. The van der Waals surface area contributed by atoms with Gasteiger partial charge in [0.1, 0.15) is 19.0 Å². The standard InChI is InChI=1S/C22H28N2O4/c1-2-26-21-15-17(22(25)24-12-6-7-18(23)16-24)10-11-20(21)28-14-13-27-19-8-4-3-5-9-19/h3-5,8-11,15,18H,2,6-7,12-14,16,23H2,1H3. The Kier molecular flexibility index (Phi) is 7.14. The number of carbonyl (C=O) groups excluding carboxylic acids is 1. The van der Waals surface area contributed by atoms with E-state index < -0.39 is 0 Å². The Balaban J connectivity index is 1.61. The lowest BCUT2D eigenvalue weighted by Gasteiger charge is -2.31. The zero-order valence-electron chi connectivity index (χ0n) is 16.3. The molecule has 0 radical (unpaired) electrons. The van der Waals surface area contributed by atoms with E-state index >= 15 is 0 Å². The van der Waals surface area contributed by atoms with Gasteiger partial charge in [0.2, 0.25) is 0 Å². The molecule has 1 fully saturated rings. The van der Waals surface area contributed by atoms with Crippen molar-refractivity contribution in [2.75, 3.05) is 32.9 Å². The van der Waals surface area contributed by atoms with Gasteiger partial charge < -0.3 is 24.8 Å². The lowest BCUT2D eigenvalue weighted by molar-refractivity contribution is 0.0708. The van der Waals surface area contributed by atoms with Gasteiger partial charge in [0.15, 0.2) is 11.5 Å². The third kappa shape index (κ3) is 5.39. The van der Waals surface area contributed by atoms with Crippen LogP contribution in [0.25, 0.3) is 0 Å². The van der Waals surface area contributed by atoms with E-state index in [0.29, 0.717) is 43.4 Å². The van der Waals surface area contributed by atoms with Gasteiger partial charge in [0.05, 0.1) is 6.61 Å². The molecule has 0 spiro atoms. The highest BCUT2D eigenvalue weighted by Crippen LogP contribution is 2.29. The van der Waals surface area contributed by atoms with E-state index in [0.717, 1.165) is 25.1 Å². The van der Waals surface area contributed by atoms with Crippen LogP contribution in [0.5, 0.6) is 17.2 Å². The molecule has 1 amide bonds. The summed E-state index contributed by atoms with van der Waals surface area (Å²) in [6, 6.07) is 15.0. The summed E-state index contributed by atoms with van der Waals surface area (Å²) in [6.07, 6.45) is 1.90. The SMILES string of the molecule is CCOc1cc(C(=O)N2CCCC(N)C2)ccc1OCCOc1ccccc1. The Morgan fingerprint density at radius 3 is 2.61 bits per heavy atom. The summed E-state index contributed by atoms with van der Waals surface area (Å²) in [7, 11) is 0. The molecule has 1 aliphatic heterocycles. The first-order valence-electron chi connectivity index (χ1n) is 9.79. The number of likely N-dealkylation sites (tertiary alicyclic amines) is 1. The van der Waals surface area contributed by atoms with E-state index in [4.69, 9.17) is 19.9 Å². The van der Waals surface area contributed by atoms with Crippen molar-refractivity contribution in [3.8, 4) is 17.2 Å². The number of nitrogens with zero attached hydrogens (tertiary/aromatic N) is 1. The molecular weight excluding hydrogens is 356 g/mol. The number of nitrogens with two attached hydrogens (primary N) is 1. The molecule has 1 heterocycles. The number of benzene rings is 2. The van der Waals surface area contributed by atoms with Crippen molar-refractivity contribution in [3.05, 3.63) is 54.1 Å². The Hall–Kier alpha value is -2.73. The largest absolute Gasteiger partial charge is 0.490 e. The number of para-hydroxylation sites is 1. The first-order chi connectivity index (χ1) is 13.7. The van der Waals surface area contributed by atoms with Crippen molar-refractivity contribution in [1.29, 1.82) is 0 Å². The summed E-state index contributed by atoms with van der Waals surface area (Å²) >= 11 is 0. The molecule has 1 unspecified atom stereocenters. The van der Waals surface area contributed by atoms with Gasteiger partial charge in [-0.1, -0.05) is 18.2 Å². The van der Waals surface area contributed by atoms with Crippen LogP contribution in [0.4, 0.5) is 0 Å². The molecule has 6 heteroatoms. The smallest absolute Gasteiger partial charge is 0.254 e. The highest BCUT2D eigenvalue weighted by atomic mass is 16.5. The highest BCUT2D eigenvalue weighted by Gasteiger charge is 2.23. The van der Waals surface area contributed by atoms with Gasteiger partial charge in [-0.25, -0.2) is 0 Å². The summed E-state index contributed by atoms with van der Waals surface area (Å²) < 4.78 is 17.1. The van der Waals surface area contributed by atoms with Gasteiger partial charge in [-0.15, -0.1) is 0 Å². The van der Waals surface area contributed by atoms with Gasteiger partial charge in [-0.2, -0.15) is 0 Å². The molecule has 2 aromatic rings. The van der Waals surface area contributed by atoms with E-state index in [-0.39, 0.29) is 11.9 Å². The topological polar surface area (TPSA) is 74.0 Å². The third-order valence-electron chi connectivity index (χ3n) is 4.59. The Labute approximate surface area is 166 Å². The van der Waals surface area contributed by atoms with Crippen LogP contribution >= 0.6 is 0 Å². The second-order valence-corrected chi connectivity index (χ2v) is 6.76. The summed E-state index contributed by atoms with van der Waals surface area (Å²) in [6.45, 7) is 4.53. The highest BCUT2D eigenvalue weighted by molar-refractivity contribution is 5.95. The molecule has 0 aromatic heterocycles. The number of ether oxygens (including phenoxy) is 3. The fraction of sp³-hybridized carbons (Fsp3) is 0.409. The Bertz CT molecular complexity index is 766. The van der Waals surface area contributed by atoms with Crippen LogP contribution in [-0.4, -0.2) is 49.8 Å². The number of carbonyl (C=O) groups is 1. The van der Waals surface area contributed by atoms with Crippen molar-refractivity contribution in [3.63, 3.8) is 0 Å². The quantitative estimate of drug-likeness (QED) is 0.708. The second-order valence-electron chi connectivity index (χ2n) is 6.76. The van der Waals surface area contributed by atoms with Crippen molar-refractivity contribution in [2.45, 2.75) is 25.8 Å². The lowest BCUT2D eigenvalue weighted by atomic mass is 10.1. The maximum atomic E-state index is 12.8. The zero-order valence-corrected chi connectivity index (χ0v) is 16.3. The minimum absolute atomic E-state index is 0.0185. The normalized spacial score (nSPS) is 16.5. The minimum Gasteiger partial charge on any atom is -0.490 e. The van der Waals surface area contributed by atoms with E-state index in [1.54, 1.807) is 18.2 Å². The van der Waals surface area contributed by atoms with Gasteiger partial charge in [0, 0.05) is 24.7 Å². The molecule has 2 N–H and O–H groups in total. The van der Waals surface area contributed by atoms with Crippen molar-refractivity contribution >= 4 is 5.91 Å². The number of amides is 1. The molecule has 28 heavy (non-hydrogen) atoms. The fourth-order valence-electron chi connectivity index (χ4n) is 3.23. The molecule has 2 aromatic carbocycles. The molecule has 6 nitrogen and oxygen atoms in total. The van der Waals surface area contributed by atoms with Crippen molar-refractivity contribution < 1.29 is 19.0 Å². The molecule has 0 saturated carbocycles. The van der Waals surface area contributed by atoms with Crippen LogP contribution in [0, 0.1) is 0 Å². The van der Waals surface area contributed by atoms with Gasteiger partial charge in [-0.3, -0.25) is 4.79 Å². The van der Waals surface area contributed by atoms with Gasteiger partial charge in [-0.05, 0) is 50.1 Å².